The van der Waals surface area contributed by atoms with Crippen molar-refractivity contribution in [2.75, 3.05) is 7.11 Å². The number of para-hydroxylation sites is 1. The molecule has 28 heavy (non-hydrogen) atoms. The summed E-state index contributed by atoms with van der Waals surface area (Å²) in [7, 11) is -2.93. The standard InChI is InChI=1S/C18H23N2O7P/c1-5-15(18(22)25-13(2)3)19-28(23,26-14-9-7-6-8-10-14)27-20-16(21)11-12-17(20)24-4/h1,6-10,13,15,17H,11-12H2,2-4H3,(H,19,23). The number of carbonyl (C=O) groups excluding carboxylic acids is 2. The molecular weight excluding hydrogens is 387 g/mol. The van der Waals surface area contributed by atoms with Crippen molar-refractivity contribution in [2.45, 2.75) is 45.1 Å². The molecule has 3 atom stereocenters. The molecule has 1 saturated heterocycles. The summed E-state index contributed by atoms with van der Waals surface area (Å²) >= 11 is 0. The maximum Gasteiger partial charge on any atom is 0.482 e. The smallest absolute Gasteiger partial charge is 0.461 e. The SMILES string of the molecule is C#CC(NP(=O)(Oc1ccccc1)ON1C(=O)CCC1OC)C(=O)OC(C)C. The first-order chi connectivity index (χ1) is 13.3. The Morgan fingerprint density at radius 1 is 1.36 bits per heavy atom. The minimum absolute atomic E-state index is 0.151. The molecule has 0 bridgehead atoms. The number of nitrogens with zero attached hydrogens (tertiary/aromatic N) is 1. The molecule has 1 aliphatic heterocycles. The summed E-state index contributed by atoms with van der Waals surface area (Å²) in [6, 6.07) is 6.70. The summed E-state index contributed by atoms with van der Waals surface area (Å²) in [6.45, 7) is 3.29. The third kappa shape index (κ3) is 5.81. The first kappa shape index (κ1) is 21.9. The Bertz CT molecular complexity index is 778. The van der Waals surface area contributed by atoms with E-state index in [2.05, 4.69) is 11.0 Å². The van der Waals surface area contributed by atoms with Crippen LogP contribution in [0.1, 0.15) is 26.7 Å². The van der Waals surface area contributed by atoms with Crippen LogP contribution in [-0.4, -0.2) is 42.4 Å². The Balaban J connectivity index is 2.27. The molecule has 0 aromatic heterocycles. The van der Waals surface area contributed by atoms with Gasteiger partial charge in [0, 0.05) is 20.0 Å². The predicted octanol–water partition coefficient (Wildman–Crippen LogP) is 2.24. The number of hydroxylamine groups is 2. The Labute approximate surface area is 163 Å². The molecule has 0 saturated carbocycles. The number of hydrogen-bond acceptors (Lipinski definition) is 7. The Hall–Kier alpha value is -2.37. The summed E-state index contributed by atoms with van der Waals surface area (Å²) in [5.74, 6) is 1.08. The molecule has 10 heteroatoms. The lowest BCUT2D eigenvalue weighted by atomic mass is 10.3. The van der Waals surface area contributed by atoms with E-state index >= 15 is 0 Å². The molecular formula is C18H23N2O7P. The molecule has 0 aliphatic carbocycles. The quantitative estimate of drug-likeness (QED) is 0.376. The fourth-order valence-electron chi connectivity index (χ4n) is 2.37. The van der Waals surface area contributed by atoms with Crippen LogP contribution in [0.3, 0.4) is 0 Å². The molecule has 2 rings (SSSR count). The van der Waals surface area contributed by atoms with Crippen LogP contribution in [0.15, 0.2) is 30.3 Å². The van der Waals surface area contributed by atoms with Crippen LogP contribution in [0.5, 0.6) is 5.75 Å². The van der Waals surface area contributed by atoms with Gasteiger partial charge in [-0.05, 0) is 26.0 Å². The number of methoxy groups -OCH3 is 1. The highest BCUT2D eigenvalue weighted by Gasteiger charge is 2.42. The van der Waals surface area contributed by atoms with Gasteiger partial charge in [-0.3, -0.25) is 4.79 Å². The number of nitrogens with one attached hydrogen (secondary N) is 1. The van der Waals surface area contributed by atoms with Crippen molar-refractivity contribution in [1.82, 2.24) is 10.2 Å². The van der Waals surface area contributed by atoms with Crippen LogP contribution in [0.25, 0.3) is 0 Å². The van der Waals surface area contributed by atoms with E-state index in [4.69, 9.17) is 25.0 Å². The average molecular weight is 410 g/mol. The molecule has 1 heterocycles. The monoisotopic (exact) mass is 410 g/mol. The lowest BCUT2D eigenvalue weighted by Crippen LogP contribution is -2.41. The van der Waals surface area contributed by atoms with Crippen molar-refractivity contribution >= 4 is 19.6 Å². The van der Waals surface area contributed by atoms with E-state index in [0.717, 1.165) is 5.06 Å². The summed E-state index contributed by atoms with van der Waals surface area (Å²) in [5.41, 5.74) is 0. The van der Waals surface area contributed by atoms with E-state index in [1.165, 1.54) is 19.2 Å². The second kappa shape index (κ2) is 9.71. The van der Waals surface area contributed by atoms with Gasteiger partial charge in [0.2, 0.25) is 5.91 Å². The summed E-state index contributed by atoms with van der Waals surface area (Å²) in [5, 5.41) is 3.21. The second-order valence-electron chi connectivity index (χ2n) is 6.15. The number of benzene rings is 1. The average Bonchev–Trinajstić information content (AvgIpc) is 2.99. The van der Waals surface area contributed by atoms with Crippen molar-refractivity contribution in [3.63, 3.8) is 0 Å². The number of amides is 1. The van der Waals surface area contributed by atoms with Gasteiger partial charge in [-0.1, -0.05) is 24.1 Å². The van der Waals surface area contributed by atoms with Crippen molar-refractivity contribution in [3.8, 4) is 18.1 Å². The molecule has 152 valence electrons. The van der Waals surface area contributed by atoms with Crippen LogP contribution in [0, 0.1) is 12.3 Å². The van der Waals surface area contributed by atoms with Crippen LogP contribution >= 0.6 is 7.75 Å². The third-order valence-corrected chi connectivity index (χ3v) is 5.01. The van der Waals surface area contributed by atoms with Gasteiger partial charge in [-0.25, -0.2) is 9.36 Å². The fourth-order valence-corrected chi connectivity index (χ4v) is 3.82. The predicted molar refractivity (Wildman–Crippen MR) is 99.6 cm³/mol. The molecule has 0 radical (unpaired) electrons. The molecule has 1 N–H and O–H groups in total. The summed E-state index contributed by atoms with van der Waals surface area (Å²) < 4.78 is 34.5. The topological polar surface area (TPSA) is 103 Å². The van der Waals surface area contributed by atoms with E-state index < -0.39 is 38.0 Å². The zero-order valence-electron chi connectivity index (χ0n) is 15.9. The maximum atomic E-state index is 13.4. The fraction of sp³-hybridized carbons (Fsp3) is 0.444. The minimum atomic E-state index is -4.32. The Morgan fingerprint density at radius 2 is 2.04 bits per heavy atom. The third-order valence-electron chi connectivity index (χ3n) is 3.59. The van der Waals surface area contributed by atoms with Gasteiger partial charge in [0.05, 0.1) is 6.10 Å². The number of terminal acetylenes is 1. The maximum absolute atomic E-state index is 13.4. The highest BCUT2D eigenvalue weighted by molar-refractivity contribution is 7.52. The normalized spacial score (nSPS) is 19.8. The lowest BCUT2D eigenvalue weighted by molar-refractivity contribution is -0.185. The van der Waals surface area contributed by atoms with Gasteiger partial charge in [-0.15, -0.1) is 6.42 Å². The van der Waals surface area contributed by atoms with Gasteiger partial charge < -0.3 is 14.0 Å². The van der Waals surface area contributed by atoms with Gasteiger partial charge in [-0.2, -0.15) is 14.8 Å². The number of esters is 1. The van der Waals surface area contributed by atoms with E-state index in [9.17, 15) is 14.2 Å². The largest absolute Gasteiger partial charge is 0.482 e. The molecule has 9 nitrogen and oxygen atoms in total. The Morgan fingerprint density at radius 3 is 2.61 bits per heavy atom. The highest BCUT2D eigenvalue weighted by atomic mass is 31.2. The zero-order chi connectivity index (χ0) is 20.7. The van der Waals surface area contributed by atoms with Gasteiger partial charge >= 0.3 is 13.7 Å². The van der Waals surface area contributed by atoms with E-state index in [0.29, 0.717) is 6.42 Å². The Kier molecular flexibility index (Phi) is 7.61. The minimum Gasteiger partial charge on any atom is -0.461 e. The van der Waals surface area contributed by atoms with Gasteiger partial charge in [0.25, 0.3) is 0 Å². The molecule has 1 amide bonds. The molecule has 1 aromatic carbocycles. The van der Waals surface area contributed by atoms with Crippen LogP contribution in [0.4, 0.5) is 0 Å². The van der Waals surface area contributed by atoms with Crippen molar-refractivity contribution in [1.29, 1.82) is 0 Å². The first-order valence-electron chi connectivity index (χ1n) is 8.61. The lowest BCUT2D eigenvalue weighted by Gasteiger charge is -2.28. The van der Waals surface area contributed by atoms with Crippen molar-refractivity contribution < 1.29 is 32.8 Å². The number of carbonyl (C=O) groups is 2. The molecule has 0 spiro atoms. The number of ether oxygens (including phenoxy) is 2. The van der Waals surface area contributed by atoms with Crippen LogP contribution < -0.4 is 9.61 Å². The first-order valence-corrected chi connectivity index (χ1v) is 10.2. The zero-order valence-corrected chi connectivity index (χ0v) is 16.8. The molecule has 3 unspecified atom stereocenters. The van der Waals surface area contributed by atoms with E-state index in [-0.39, 0.29) is 12.2 Å². The van der Waals surface area contributed by atoms with Crippen LogP contribution in [-0.2, 0) is 28.3 Å². The number of rotatable bonds is 9. The van der Waals surface area contributed by atoms with E-state index in [1.807, 2.05) is 0 Å². The van der Waals surface area contributed by atoms with Crippen LogP contribution in [0.2, 0.25) is 0 Å². The molecule has 1 fully saturated rings. The second-order valence-corrected chi connectivity index (χ2v) is 7.75. The summed E-state index contributed by atoms with van der Waals surface area (Å²) in [4.78, 5) is 24.3. The summed E-state index contributed by atoms with van der Waals surface area (Å²) in [6.07, 6.45) is 4.72. The van der Waals surface area contributed by atoms with Crippen molar-refractivity contribution in [2.24, 2.45) is 0 Å². The van der Waals surface area contributed by atoms with Gasteiger partial charge in [0.15, 0.2) is 12.3 Å². The number of hydrogen-bond donors (Lipinski definition) is 1. The molecule has 1 aromatic rings. The molecule has 1 aliphatic rings. The van der Waals surface area contributed by atoms with Crippen molar-refractivity contribution in [3.05, 3.63) is 30.3 Å². The highest BCUT2D eigenvalue weighted by Crippen LogP contribution is 2.47. The van der Waals surface area contributed by atoms with E-state index in [1.54, 1.807) is 32.0 Å². The van der Waals surface area contributed by atoms with Gasteiger partial charge in [0.1, 0.15) is 5.75 Å².